The van der Waals surface area contributed by atoms with Gasteiger partial charge in [0.15, 0.2) is 17.6 Å². The average Bonchev–Trinajstić information content (AvgIpc) is 3.66. The van der Waals surface area contributed by atoms with Gasteiger partial charge in [0.05, 0.1) is 32.3 Å². The molecule has 3 heterocycles. The number of phenolic OH excluding ortho intramolecular Hbond substituents is 2. The predicted octanol–water partition coefficient (Wildman–Crippen LogP) is 4.15. The number of hydrogen-bond donors (Lipinski definition) is 5. The molecule has 0 saturated heterocycles. The molecule has 4 aromatic rings. The van der Waals surface area contributed by atoms with Crippen LogP contribution in [-0.4, -0.2) is 75.2 Å². The molecule has 10 nitrogen and oxygen atoms in total. The maximum Gasteiger partial charge on any atom is 0.160 e. The number of nitrogens with zero attached hydrogens (tertiary/aromatic N) is 1. The van der Waals surface area contributed by atoms with Crippen molar-refractivity contribution < 1.29 is 34.3 Å². The fraction of sp³-hybridized carbons (Fsp3) is 0.372. The van der Waals surface area contributed by atoms with Crippen molar-refractivity contribution in [2.45, 2.75) is 55.8 Å². The fourth-order valence-corrected chi connectivity index (χ4v) is 9.41. The van der Waals surface area contributed by atoms with Crippen molar-refractivity contribution in [3.05, 3.63) is 104 Å². The first-order valence-corrected chi connectivity index (χ1v) is 18.6. The molecule has 0 radical (unpaired) electrons. The summed E-state index contributed by atoms with van der Waals surface area (Å²) in [6, 6.07) is 15.8. The van der Waals surface area contributed by atoms with E-state index in [9.17, 15) is 15.3 Å². The van der Waals surface area contributed by atoms with E-state index in [1.54, 1.807) is 6.07 Å². The summed E-state index contributed by atoms with van der Waals surface area (Å²) in [5, 5.41) is 41.0. The van der Waals surface area contributed by atoms with Gasteiger partial charge in [0, 0.05) is 41.1 Å². The lowest BCUT2D eigenvalue weighted by Crippen LogP contribution is -2.38. The van der Waals surface area contributed by atoms with E-state index in [4.69, 9.17) is 18.9 Å². The third kappa shape index (κ3) is 5.50. The number of fused-ring (bicyclic) bond motifs is 8. The Bertz CT molecular complexity index is 2280. The second kappa shape index (κ2) is 13.5. The van der Waals surface area contributed by atoms with Crippen LogP contribution in [0.25, 0.3) is 23.3 Å². The van der Waals surface area contributed by atoms with Crippen molar-refractivity contribution in [3.63, 3.8) is 0 Å². The molecule has 0 bridgehead atoms. The summed E-state index contributed by atoms with van der Waals surface area (Å²) >= 11 is 0. The molecule has 2 aliphatic carbocycles. The van der Waals surface area contributed by atoms with Gasteiger partial charge in [-0.15, -0.1) is 0 Å². The first-order valence-electron chi connectivity index (χ1n) is 18.6. The molecular weight excluding hydrogens is 670 g/mol. The van der Waals surface area contributed by atoms with Crippen LogP contribution >= 0.6 is 0 Å². The number of aliphatic hydroxyl groups excluding tert-OH is 1. The van der Waals surface area contributed by atoms with Crippen molar-refractivity contribution in [2.75, 3.05) is 47.6 Å². The van der Waals surface area contributed by atoms with Crippen LogP contribution in [0.1, 0.15) is 63.3 Å². The first-order chi connectivity index (χ1) is 25.9. The number of benzene rings is 4. The van der Waals surface area contributed by atoms with Crippen molar-refractivity contribution >= 4 is 12.2 Å². The molecule has 5 atom stereocenters. The molecule has 5 N–H and O–H groups in total. The molecule has 5 unspecified atom stereocenters. The highest BCUT2D eigenvalue weighted by Gasteiger charge is 2.45. The number of ether oxygens (including phenoxy) is 4. The van der Waals surface area contributed by atoms with Gasteiger partial charge in [-0.3, -0.25) is 10.3 Å². The van der Waals surface area contributed by atoms with Crippen molar-refractivity contribution in [2.24, 2.45) is 4.99 Å². The van der Waals surface area contributed by atoms with Crippen LogP contribution in [0.15, 0.2) is 59.1 Å². The lowest BCUT2D eigenvalue weighted by Gasteiger charge is -2.44. The van der Waals surface area contributed by atoms with Crippen LogP contribution in [0.3, 0.4) is 0 Å². The predicted molar refractivity (Wildman–Crippen MR) is 202 cm³/mol. The summed E-state index contributed by atoms with van der Waals surface area (Å²) in [5.41, 5.74) is 10.6. The van der Waals surface area contributed by atoms with Crippen molar-refractivity contribution in [1.82, 2.24) is 10.6 Å². The topological polar surface area (TPSA) is 134 Å². The zero-order chi connectivity index (χ0) is 36.4. The summed E-state index contributed by atoms with van der Waals surface area (Å²) < 4.78 is 25.9. The van der Waals surface area contributed by atoms with Gasteiger partial charge in [-0.2, -0.15) is 0 Å². The van der Waals surface area contributed by atoms with Gasteiger partial charge >= 0.3 is 0 Å². The standard InChI is InChI=1S/C43H45N3O7/c1-44-19-25-15-31-34(48)11-8-27-39(31)32(38(25)23-4-9-33-22(14-23)12-13-46-33)17-29-30-18-37(51-21-45-2)41(24-5-10-35(49)36(16-24)50-3)53-42(30)28-7-6-26(20-47)52-43(28)40(27)29/h4-5,8-12,14-16,26,32,37-38,41,44-45,47-49H,6-7,13,17-21H2,1-3H3. The van der Waals surface area contributed by atoms with Crippen LogP contribution in [0.2, 0.25) is 0 Å². The average molecular weight is 716 g/mol. The van der Waals surface area contributed by atoms with E-state index >= 15 is 0 Å². The van der Waals surface area contributed by atoms with Crippen LogP contribution < -0.4 is 35.4 Å². The van der Waals surface area contributed by atoms with Crippen LogP contribution in [0.5, 0.6) is 28.7 Å². The van der Waals surface area contributed by atoms with Gasteiger partial charge in [-0.25, -0.2) is 0 Å². The van der Waals surface area contributed by atoms with E-state index in [0.717, 1.165) is 66.6 Å². The normalized spacial score (nSPS) is 23.1. The minimum Gasteiger partial charge on any atom is -0.507 e. The Morgan fingerprint density at radius 3 is 2.57 bits per heavy atom. The van der Waals surface area contributed by atoms with E-state index in [1.165, 1.54) is 18.2 Å². The molecule has 9 rings (SSSR count). The largest absolute Gasteiger partial charge is 0.507 e. The summed E-state index contributed by atoms with van der Waals surface area (Å²) in [6.45, 7) is 1.62. The minimum atomic E-state index is -0.483. The Morgan fingerprint density at radius 2 is 1.75 bits per heavy atom. The molecule has 5 aliphatic rings. The molecule has 4 aromatic carbocycles. The van der Waals surface area contributed by atoms with Crippen LogP contribution in [-0.2, 0) is 24.0 Å². The number of nitrogens with one attached hydrogen (secondary N) is 2. The van der Waals surface area contributed by atoms with Gasteiger partial charge in [-0.1, -0.05) is 24.3 Å². The Hall–Kier alpha value is -4.87. The minimum absolute atomic E-state index is 0.0134. The number of aromatic hydroxyl groups is 2. The summed E-state index contributed by atoms with van der Waals surface area (Å²) in [5.74, 6) is 2.31. The molecule has 10 heteroatoms. The highest BCUT2D eigenvalue weighted by atomic mass is 16.6. The van der Waals surface area contributed by atoms with E-state index in [0.29, 0.717) is 51.3 Å². The van der Waals surface area contributed by atoms with E-state index in [-0.39, 0.29) is 42.1 Å². The third-order valence-electron chi connectivity index (χ3n) is 11.7. The van der Waals surface area contributed by atoms with E-state index < -0.39 is 6.10 Å². The lowest BCUT2D eigenvalue weighted by atomic mass is 9.63. The molecule has 0 aromatic heterocycles. The van der Waals surface area contributed by atoms with Crippen molar-refractivity contribution in [1.29, 1.82) is 0 Å². The number of likely N-dealkylation sites (N-methyl/N-ethyl adjacent to an activating group) is 1. The first kappa shape index (κ1) is 33.9. The Morgan fingerprint density at radius 1 is 0.906 bits per heavy atom. The molecule has 274 valence electrons. The quantitative estimate of drug-likeness (QED) is 0.162. The van der Waals surface area contributed by atoms with Gasteiger partial charge in [0.25, 0.3) is 0 Å². The molecule has 3 aliphatic heterocycles. The lowest BCUT2D eigenvalue weighted by molar-refractivity contribution is -0.0436. The number of phenols is 2. The number of methoxy groups -OCH3 is 1. The van der Waals surface area contributed by atoms with E-state index in [1.807, 2.05) is 38.4 Å². The highest BCUT2D eigenvalue weighted by molar-refractivity contribution is 5.89. The molecule has 0 fully saturated rings. The van der Waals surface area contributed by atoms with Gasteiger partial charge < -0.3 is 39.6 Å². The number of rotatable bonds is 9. The van der Waals surface area contributed by atoms with Gasteiger partial charge in [0.1, 0.15) is 29.5 Å². The van der Waals surface area contributed by atoms with Crippen LogP contribution in [0.4, 0.5) is 0 Å². The van der Waals surface area contributed by atoms with Gasteiger partial charge in [-0.05, 0) is 114 Å². The monoisotopic (exact) mass is 715 g/mol. The van der Waals surface area contributed by atoms with Crippen LogP contribution in [0, 0.1) is 0 Å². The second-order valence-electron chi connectivity index (χ2n) is 14.7. The second-order valence-corrected chi connectivity index (χ2v) is 14.7. The molecule has 0 spiro atoms. The Balaban J connectivity index is 1.27. The highest BCUT2D eigenvalue weighted by Crippen LogP contribution is 2.60. The Labute approximate surface area is 308 Å². The van der Waals surface area contributed by atoms with Gasteiger partial charge in [0.2, 0.25) is 0 Å². The zero-order valence-electron chi connectivity index (χ0n) is 30.2. The summed E-state index contributed by atoms with van der Waals surface area (Å²) in [7, 11) is 5.37. The SMILES string of the molecule is CNCOC1Cc2c3c(c4c(c2OC1c1ccc(O)c(OC)c1)CCC(CO)O4)-c1ccc(O)c2c1C(C3)C(c1ccc3c(c1)=CCN=3)C(CNC)=C2. The molecular formula is C43H45N3O7. The third-order valence-corrected chi connectivity index (χ3v) is 11.7. The maximum absolute atomic E-state index is 11.4. The van der Waals surface area contributed by atoms with E-state index in [2.05, 4.69) is 46.0 Å². The maximum atomic E-state index is 11.4. The molecule has 0 amide bonds. The number of hydrogen-bond acceptors (Lipinski definition) is 10. The molecule has 53 heavy (non-hydrogen) atoms. The van der Waals surface area contributed by atoms with Crippen molar-refractivity contribution in [3.8, 4) is 39.9 Å². The smallest absolute Gasteiger partial charge is 0.160 e. The number of aliphatic hydroxyl groups is 1. The summed E-state index contributed by atoms with van der Waals surface area (Å²) in [6.07, 6.45) is 5.82. The zero-order valence-corrected chi connectivity index (χ0v) is 30.2. The fourth-order valence-electron chi connectivity index (χ4n) is 9.41. The molecule has 0 saturated carbocycles. The Kier molecular flexibility index (Phi) is 8.66. The summed E-state index contributed by atoms with van der Waals surface area (Å²) in [4.78, 5) is 4.66.